The molecule has 1 amide bonds. The van der Waals surface area contributed by atoms with Crippen LogP contribution in [0.4, 0.5) is 0 Å². The molecule has 4 rings (SSSR count). The molecule has 1 saturated heterocycles. The van der Waals surface area contributed by atoms with E-state index in [1.165, 1.54) is 9.18 Å². The Hall–Kier alpha value is -1.87. The van der Waals surface area contributed by atoms with Crippen molar-refractivity contribution in [3.05, 3.63) is 64.9 Å². The van der Waals surface area contributed by atoms with E-state index in [2.05, 4.69) is 22.8 Å². The number of piperidine rings is 1. The molecule has 164 valence electrons. The number of fused-ring (bicyclic) bond motifs is 1. The molecule has 0 saturated carbocycles. The second kappa shape index (κ2) is 10.2. The van der Waals surface area contributed by atoms with Gasteiger partial charge in [-0.3, -0.25) is 4.79 Å². The fourth-order valence-electron chi connectivity index (χ4n) is 3.79. The molecule has 5 nitrogen and oxygen atoms in total. The van der Waals surface area contributed by atoms with Gasteiger partial charge in [0.15, 0.2) is 0 Å². The minimum atomic E-state index is -3.55. The molecular weight excluding hydrogens is 448 g/mol. The lowest BCUT2D eigenvalue weighted by atomic mass is 9.97. The summed E-state index contributed by atoms with van der Waals surface area (Å²) in [6.07, 6.45) is 1.11. The van der Waals surface area contributed by atoms with Gasteiger partial charge in [0, 0.05) is 41.9 Å². The zero-order valence-corrected chi connectivity index (χ0v) is 19.6. The predicted molar refractivity (Wildman–Crippen MR) is 129 cm³/mol. The summed E-state index contributed by atoms with van der Waals surface area (Å²) < 4.78 is 27.7. The highest BCUT2D eigenvalue weighted by molar-refractivity contribution is 7.98. The molecule has 0 spiro atoms. The number of rotatable bonds is 8. The third-order valence-corrected chi connectivity index (χ3v) is 9.52. The summed E-state index contributed by atoms with van der Waals surface area (Å²) in [5.74, 6) is 1.77. The molecule has 2 heterocycles. The largest absolute Gasteiger partial charge is 0.355 e. The molecule has 1 N–H and O–H groups in total. The van der Waals surface area contributed by atoms with Gasteiger partial charge in [0.05, 0.1) is 4.90 Å². The number of nitrogens with one attached hydrogen (secondary N) is 1. The minimum absolute atomic E-state index is 0.0412. The van der Waals surface area contributed by atoms with Gasteiger partial charge in [-0.2, -0.15) is 16.1 Å². The lowest BCUT2D eigenvalue weighted by Crippen LogP contribution is -2.43. The molecule has 0 unspecified atom stereocenters. The van der Waals surface area contributed by atoms with Crippen molar-refractivity contribution in [1.29, 1.82) is 0 Å². The fourth-order valence-corrected chi connectivity index (χ4v) is 7.00. The molecular formula is C23H26N2O3S3. The predicted octanol–water partition coefficient (Wildman–Crippen LogP) is 4.35. The van der Waals surface area contributed by atoms with Crippen molar-refractivity contribution in [3.63, 3.8) is 0 Å². The molecule has 0 bridgehead atoms. The Morgan fingerprint density at radius 1 is 1.06 bits per heavy atom. The van der Waals surface area contributed by atoms with Crippen molar-refractivity contribution < 1.29 is 13.2 Å². The first-order chi connectivity index (χ1) is 15.0. The standard InChI is InChI=1S/C23H26N2O3S3/c26-23(24-11-15-29-17-21-6-3-14-30-21)19-9-12-25(13-10-19)31(27,28)22-8-7-18-4-1-2-5-20(18)16-22/h1-8,14,16,19H,9-13,15,17H2,(H,24,26). The average Bonchev–Trinajstić information content (AvgIpc) is 3.32. The van der Waals surface area contributed by atoms with Crippen molar-refractivity contribution in [2.45, 2.75) is 23.5 Å². The molecule has 3 aromatic rings. The Bertz CT molecular complexity index is 1120. The van der Waals surface area contributed by atoms with Crippen LogP contribution in [0.2, 0.25) is 0 Å². The lowest BCUT2D eigenvalue weighted by molar-refractivity contribution is -0.125. The SMILES string of the molecule is O=C(NCCSCc1cccs1)C1CCN(S(=O)(=O)c2ccc3ccccc3c2)CC1. The highest BCUT2D eigenvalue weighted by atomic mass is 32.2. The number of benzene rings is 2. The molecule has 0 radical (unpaired) electrons. The van der Waals surface area contributed by atoms with Crippen molar-refractivity contribution in [1.82, 2.24) is 9.62 Å². The molecule has 1 aromatic heterocycles. The van der Waals surface area contributed by atoms with Gasteiger partial charge in [-0.25, -0.2) is 8.42 Å². The number of carbonyl (C=O) groups is 1. The van der Waals surface area contributed by atoms with E-state index in [4.69, 9.17) is 0 Å². The Morgan fingerprint density at radius 3 is 2.58 bits per heavy atom. The van der Waals surface area contributed by atoms with E-state index in [1.807, 2.05) is 42.1 Å². The molecule has 0 aliphatic carbocycles. The van der Waals surface area contributed by atoms with Gasteiger partial charge in [-0.05, 0) is 47.2 Å². The Kier molecular flexibility index (Phi) is 7.32. The van der Waals surface area contributed by atoms with Crippen LogP contribution in [0.3, 0.4) is 0 Å². The fraction of sp³-hybridized carbons (Fsp3) is 0.348. The number of thiophene rings is 1. The number of hydrogen-bond donors (Lipinski definition) is 1. The number of carbonyl (C=O) groups excluding carboxylic acids is 1. The molecule has 31 heavy (non-hydrogen) atoms. The molecule has 2 aromatic carbocycles. The smallest absolute Gasteiger partial charge is 0.243 e. The molecule has 1 aliphatic heterocycles. The summed E-state index contributed by atoms with van der Waals surface area (Å²) in [5, 5.41) is 7.02. The van der Waals surface area contributed by atoms with Crippen LogP contribution >= 0.6 is 23.1 Å². The summed E-state index contributed by atoms with van der Waals surface area (Å²) in [4.78, 5) is 14.1. The van der Waals surface area contributed by atoms with E-state index >= 15 is 0 Å². The maximum absolute atomic E-state index is 13.1. The Morgan fingerprint density at radius 2 is 1.84 bits per heavy atom. The highest BCUT2D eigenvalue weighted by Crippen LogP contribution is 2.26. The monoisotopic (exact) mass is 474 g/mol. The number of amides is 1. The summed E-state index contributed by atoms with van der Waals surface area (Å²) in [7, 11) is -3.55. The van der Waals surface area contributed by atoms with Crippen molar-refractivity contribution in [3.8, 4) is 0 Å². The third kappa shape index (κ3) is 5.49. The van der Waals surface area contributed by atoms with E-state index in [0.717, 1.165) is 22.3 Å². The highest BCUT2D eigenvalue weighted by Gasteiger charge is 2.32. The first kappa shape index (κ1) is 22.3. The normalized spacial score (nSPS) is 15.9. The van der Waals surface area contributed by atoms with E-state index in [9.17, 15) is 13.2 Å². The van der Waals surface area contributed by atoms with Crippen LogP contribution in [0.1, 0.15) is 17.7 Å². The van der Waals surface area contributed by atoms with Crippen molar-refractivity contribution in [2.24, 2.45) is 5.92 Å². The topological polar surface area (TPSA) is 66.5 Å². The van der Waals surface area contributed by atoms with Gasteiger partial charge in [0.25, 0.3) is 0 Å². The molecule has 1 aliphatic rings. The minimum Gasteiger partial charge on any atom is -0.355 e. The van der Waals surface area contributed by atoms with Gasteiger partial charge in [0.2, 0.25) is 15.9 Å². The zero-order chi connectivity index (χ0) is 21.7. The number of nitrogens with zero attached hydrogens (tertiary/aromatic N) is 1. The quantitative estimate of drug-likeness (QED) is 0.493. The summed E-state index contributed by atoms with van der Waals surface area (Å²) in [6, 6.07) is 17.2. The van der Waals surface area contributed by atoms with Crippen LogP contribution < -0.4 is 5.32 Å². The molecule has 1 fully saturated rings. The summed E-state index contributed by atoms with van der Waals surface area (Å²) >= 11 is 3.56. The maximum Gasteiger partial charge on any atom is 0.243 e. The first-order valence-corrected chi connectivity index (χ1v) is 13.9. The summed E-state index contributed by atoms with van der Waals surface area (Å²) in [6.45, 7) is 1.39. The third-order valence-electron chi connectivity index (χ3n) is 5.55. The van der Waals surface area contributed by atoms with Crippen LogP contribution in [0.25, 0.3) is 10.8 Å². The van der Waals surface area contributed by atoms with E-state index in [0.29, 0.717) is 37.4 Å². The van der Waals surface area contributed by atoms with Crippen LogP contribution in [-0.4, -0.2) is 44.0 Å². The van der Waals surface area contributed by atoms with Gasteiger partial charge >= 0.3 is 0 Å². The van der Waals surface area contributed by atoms with Crippen molar-refractivity contribution >= 4 is 49.8 Å². The van der Waals surface area contributed by atoms with Crippen molar-refractivity contribution in [2.75, 3.05) is 25.4 Å². The van der Waals surface area contributed by atoms with Crippen LogP contribution in [0.15, 0.2) is 64.9 Å². The van der Waals surface area contributed by atoms with Gasteiger partial charge < -0.3 is 5.32 Å². The van der Waals surface area contributed by atoms with Crippen LogP contribution in [0.5, 0.6) is 0 Å². The summed E-state index contributed by atoms with van der Waals surface area (Å²) in [5.41, 5.74) is 0. The van der Waals surface area contributed by atoms with E-state index in [1.54, 1.807) is 23.5 Å². The van der Waals surface area contributed by atoms with Gasteiger partial charge in [-0.15, -0.1) is 11.3 Å². The van der Waals surface area contributed by atoms with E-state index in [-0.39, 0.29) is 11.8 Å². The number of sulfonamides is 1. The lowest BCUT2D eigenvalue weighted by Gasteiger charge is -2.30. The Balaban J connectivity index is 1.25. The maximum atomic E-state index is 13.1. The number of hydrogen-bond acceptors (Lipinski definition) is 5. The first-order valence-electron chi connectivity index (χ1n) is 10.4. The molecule has 0 atom stereocenters. The van der Waals surface area contributed by atoms with Gasteiger partial charge in [0.1, 0.15) is 0 Å². The zero-order valence-electron chi connectivity index (χ0n) is 17.2. The number of thioether (sulfide) groups is 1. The second-order valence-corrected chi connectivity index (χ2v) is 11.7. The average molecular weight is 475 g/mol. The van der Waals surface area contributed by atoms with Gasteiger partial charge in [-0.1, -0.05) is 36.4 Å². The van der Waals surface area contributed by atoms with Crippen LogP contribution in [-0.2, 0) is 20.6 Å². The second-order valence-electron chi connectivity index (χ2n) is 7.61. The molecule has 8 heteroatoms. The van der Waals surface area contributed by atoms with Crippen LogP contribution in [0, 0.1) is 5.92 Å². The Labute approximate surface area is 191 Å². The van der Waals surface area contributed by atoms with E-state index < -0.39 is 10.0 Å².